The molecule has 1 fully saturated rings. The maximum absolute atomic E-state index is 11.7. The molecule has 80 valence electrons. The number of hydrogen-bond donors (Lipinski definition) is 0. The highest BCUT2D eigenvalue weighted by atomic mass is 35.5. The fourth-order valence-electron chi connectivity index (χ4n) is 1.78. The summed E-state index contributed by atoms with van der Waals surface area (Å²) >= 11 is 11.6. The molecule has 0 aliphatic carbocycles. The molecule has 0 radical (unpaired) electrons. The van der Waals surface area contributed by atoms with Gasteiger partial charge in [-0.1, -0.05) is 17.7 Å². The quantitative estimate of drug-likeness (QED) is 0.732. The van der Waals surface area contributed by atoms with Gasteiger partial charge in [-0.2, -0.15) is 0 Å². The summed E-state index contributed by atoms with van der Waals surface area (Å²) in [6.45, 7) is 0.697. The van der Waals surface area contributed by atoms with Crippen molar-refractivity contribution in [3.63, 3.8) is 0 Å². The van der Waals surface area contributed by atoms with Crippen molar-refractivity contribution < 1.29 is 4.79 Å². The van der Waals surface area contributed by atoms with Crippen LogP contribution in [0.3, 0.4) is 0 Å². The third kappa shape index (κ3) is 2.27. The smallest absolute Gasteiger partial charge is 0.227 e. The number of nitrogens with zero attached hydrogens (tertiary/aromatic N) is 1. The second-order valence-electron chi connectivity index (χ2n) is 3.71. The number of rotatable bonds is 2. The summed E-state index contributed by atoms with van der Waals surface area (Å²) in [7, 11) is 0. The van der Waals surface area contributed by atoms with Gasteiger partial charge >= 0.3 is 0 Å². The topological polar surface area (TPSA) is 20.3 Å². The van der Waals surface area contributed by atoms with Crippen LogP contribution in [0.4, 0.5) is 5.69 Å². The van der Waals surface area contributed by atoms with E-state index in [-0.39, 0.29) is 11.8 Å². The van der Waals surface area contributed by atoms with Gasteiger partial charge in [0.1, 0.15) is 0 Å². The molecule has 2 rings (SSSR count). The zero-order valence-corrected chi connectivity index (χ0v) is 9.63. The Labute approximate surface area is 98.8 Å². The molecule has 1 aliphatic rings. The number of halogens is 2. The molecular weight excluding hydrogens is 233 g/mol. The fourth-order valence-corrected chi connectivity index (χ4v) is 2.17. The largest absolute Gasteiger partial charge is 0.312 e. The molecule has 4 heteroatoms. The molecule has 1 unspecified atom stereocenters. The minimum Gasteiger partial charge on any atom is -0.312 e. The number of carbonyl (C=O) groups excluding carboxylic acids is 1. The van der Waals surface area contributed by atoms with Gasteiger partial charge in [0.15, 0.2) is 0 Å². The minimum atomic E-state index is 0.128. The van der Waals surface area contributed by atoms with Crippen LogP contribution >= 0.6 is 23.2 Å². The Hall–Kier alpha value is -0.730. The van der Waals surface area contributed by atoms with E-state index in [0.717, 1.165) is 5.69 Å². The molecule has 1 aliphatic heterocycles. The first kappa shape index (κ1) is 10.8. The SMILES string of the molecule is O=C1CC(CCl)CN1c1cccc(Cl)c1. The van der Waals surface area contributed by atoms with Crippen LogP contribution in [-0.4, -0.2) is 18.3 Å². The molecule has 0 aromatic heterocycles. The lowest BCUT2D eigenvalue weighted by Crippen LogP contribution is -2.24. The van der Waals surface area contributed by atoms with E-state index in [2.05, 4.69) is 0 Å². The van der Waals surface area contributed by atoms with E-state index in [4.69, 9.17) is 23.2 Å². The summed E-state index contributed by atoms with van der Waals surface area (Å²) in [4.78, 5) is 13.4. The molecule has 0 N–H and O–H groups in total. The Balaban J connectivity index is 2.21. The number of hydrogen-bond acceptors (Lipinski definition) is 1. The summed E-state index contributed by atoms with van der Waals surface area (Å²) in [6, 6.07) is 7.33. The molecule has 2 nitrogen and oxygen atoms in total. The molecule has 15 heavy (non-hydrogen) atoms. The highest BCUT2D eigenvalue weighted by Crippen LogP contribution is 2.27. The van der Waals surface area contributed by atoms with E-state index < -0.39 is 0 Å². The van der Waals surface area contributed by atoms with Gasteiger partial charge in [0.2, 0.25) is 5.91 Å². The van der Waals surface area contributed by atoms with Crippen LogP contribution in [0.15, 0.2) is 24.3 Å². The van der Waals surface area contributed by atoms with Gasteiger partial charge in [0.25, 0.3) is 0 Å². The number of alkyl halides is 1. The summed E-state index contributed by atoms with van der Waals surface area (Å²) < 4.78 is 0. The maximum atomic E-state index is 11.7. The van der Waals surface area contributed by atoms with Crippen molar-refractivity contribution in [2.24, 2.45) is 5.92 Å². The normalized spacial score (nSPS) is 21.1. The molecule has 1 amide bonds. The molecular formula is C11H11Cl2NO. The van der Waals surface area contributed by atoms with Crippen molar-refractivity contribution in [2.45, 2.75) is 6.42 Å². The van der Waals surface area contributed by atoms with Crippen LogP contribution in [0.25, 0.3) is 0 Å². The second-order valence-corrected chi connectivity index (χ2v) is 4.45. The third-order valence-corrected chi connectivity index (χ3v) is 3.21. The third-order valence-electron chi connectivity index (χ3n) is 2.54. The number of benzene rings is 1. The summed E-state index contributed by atoms with van der Waals surface area (Å²) in [5.41, 5.74) is 0.861. The van der Waals surface area contributed by atoms with Gasteiger partial charge in [0.05, 0.1) is 0 Å². The molecule has 1 heterocycles. The van der Waals surface area contributed by atoms with Gasteiger partial charge in [-0.25, -0.2) is 0 Å². The van der Waals surface area contributed by atoms with Crippen LogP contribution in [0.1, 0.15) is 6.42 Å². The van der Waals surface area contributed by atoms with Crippen molar-refractivity contribution >= 4 is 34.8 Å². The Morgan fingerprint density at radius 2 is 2.27 bits per heavy atom. The van der Waals surface area contributed by atoms with Gasteiger partial charge in [-0.15, -0.1) is 11.6 Å². The molecule has 1 atom stereocenters. The van der Waals surface area contributed by atoms with Crippen molar-refractivity contribution in [3.05, 3.63) is 29.3 Å². The van der Waals surface area contributed by atoms with E-state index in [9.17, 15) is 4.79 Å². The van der Waals surface area contributed by atoms with Crippen LogP contribution in [-0.2, 0) is 4.79 Å². The van der Waals surface area contributed by atoms with Crippen molar-refractivity contribution in [1.82, 2.24) is 0 Å². The van der Waals surface area contributed by atoms with Crippen LogP contribution < -0.4 is 4.90 Å². The number of carbonyl (C=O) groups is 1. The Morgan fingerprint density at radius 1 is 1.47 bits per heavy atom. The standard InChI is InChI=1S/C11H11Cl2NO/c12-6-8-4-11(15)14(7-8)10-3-1-2-9(13)5-10/h1-3,5,8H,4,6-7H2. The summed E-state index contributed by atoms with van der Waals surface area (Å²) in [5, 5.41) is 0.648. The highest BCUT2D eigenvalue weighted by molar-refractivity contribution is 6.30. The van der Waals surface area contributed by atoms with E-state index in [1.165, 1.54) is 0 Å². The lowest BCUT2D eigenvalue weighted by Gasteiger charge is -2.16. The predicted molar refractivity (Wildman–Crippen MR) is 62.6 cm³/mol. The average molecular weight is 244 g/mol. The van der Waals surface area contributed by atoms with Crippen LogP contribution in [0.2, 0.25) is 5.02 Å². The Bertz CT molecular complexity index is 381. The van der Waals surface area contributed by atoms with Crippen molar-refractivity contribution in [3.8, 4) is 0 Å². The van der Waals surface area contributed by atoms with Crippen LogP contribution in [0, 0.1) is 5.92 Å². The molecule has 1 saturated heterocycles. The lowest BCUT2D eigenvalue weighted by atomic mass is 10.1. The molecule has 0 bridgehead atoms. The lowest BCUT2D eigenvalue weighted by molar-refractivity contribution is -0.117. The van der Waals surface area contributed by atoms with Gasteiger partial charge < -0.3 is 4.90 Å². The zero-order chi connectivity index (χ0) is 10.8. The predicted octanol–water partition coefficient (Wildman–Crippen LogP) is 2.93. The first-order chi connectivity index (χ1) is 7.20. The monoisotopic (exact) mass is 243 g/mol. The first-order valence-electron chi connectivity index (χ1n) is 4.82. The molecule has 1 aromatic rings. The van der Waals surface area contributed by atoms with E-state index in [1.807, 2.05) is 12.1 Å². The Morgan fingerprint density at radius 3 is 2.87 bits per heavy atom. The van der Waals surface area contributed by atoms with Crippen molar-refractivity contribution in [2.75, 3.05) is 17.3 Å². The highest BCUT2D eigenvalue weighted by Gasteiger charge is 2.29. The summed E-state index contributed by atoms with van der Waals surface area (Å²) in [5.74, 6) is 0.920. The van der Waals surface area contributed by atoms with Crippen LogP contribution in [0.5, 0.6) is 0 Å². The van der Waals surface area contributed by atoms with E-state index in [1.54, 1.807) is 17.0 Å². The van der Waals surface area contributed by atoms with E-state index in [0.29, 0.717) is 23.9 Å². The van der Waals surface area contributed by atoms with Gasteiger partial charge in [0, 0.05) is 29.6 Å². The van der Waals surface area contributed by atoms with Crippen molar-refractivity contribution in [1.29, 1.82) is 0 Å². The molecule has 0 spiro atoms. The van der Waals surface area contributed by atoms with E-state index >= 15 is 0 Å². The molecule has 0 saturated carbocycles. The maximum Gasteiger partial charge on any atom is 0.227 e. The van der Waals surface area contributed by atoms with Gasteiger partial charge in [-0.05, 0) is 24.1 Å². The zero-order valence-electron chi connectivity index (χ0n) is 8.12. The average Bonchev–Trinajstić information content (AvgIpc) is 2.60. The second kappa shape index (κ2) is 4.42. The Kier molecular flexibility index (Phi) is 3.17. The first-order valence-corrected chi connectivity index (χ1v) is 5.74. The number of anilines is 1. The number of amides is 1. The minimum absolute atomic E-state index is 0.128. The van der Waals surface area contributed by atoms with Gasteiger partial charge in [-0.3, -0.25) is 4.79 Å². The fraction of sp³-hybridized carbons (Fsp3) is 0.364. The molecule has 1 aromatic carbocycles. The summed E-state index contributed by atoms with van der Waals surface area (Å²) in [6.07, 6.45) is 0.538.